The van der Waals surface area contributed by atoms with E-state index in [1.807, 2.05) is 20.8 Å². The Labute approximate surface area is 137 Å². The second-order valence-electron chi connectivity index (χ2n) is 5.30. The highest BCUT2D eigenvalue weighted by molar-refractivity contribution is 6.32. The van der Waals surface area contributed by atoms with E-state index in [0.717, 1.165) is 13.1 Å². The fourth-order valence-electron chi connectivity index (χ4n) is 1.78. The van der Waals surface area contributed by atoms with Crippen molar-refractivity contribution >= 4 is 17.5 Å². The molecular weight excluding hydrogens is 304 g/mol. The van der Waals surface area contributed by atoms with Gasteiger partial charge in [-0.2, -0.15) is 0 Å². The number of rotatable bonds is 9. The summed E-state index contributed by atoms with van der Waals surface area (Å²) in [6.45, 7) is 8.80. The van der Waals surface area contributed by atoms with Crippen LogP contribution in [0.1, 0.15) is 31.1 Å². The van der Waals surface area contributed by atoms with E-state index >= 15 is 0 Å². The third-order valence-corrected chi connectivity index (χ3v) is 3.17. The molecule has 0 aliphatic heterocycles. The number of hydrogen-bond donors (Lipinski definition) is 2. The van der Waals surface area contributed by atoms with Gasteiger partial charge in [0.2, 0.25) is 0 Å². The normalized spacial score (nSPS) is 10.6. The summed E-state index contributed by atoms with van der Waals surface area (Å²) in [4.78, 5) is 12.1. The number of halogens is 1. The molecule has 22 heavy (non-hydrogen) atoms. The van der Waals surface area contributed by atoms with Gasteiger partial charge < -0.3 is 20.1 Å². The van der Waals surface area contributed by atoms with Gasteiger partial charge in [0.15, 0.2) is 11.5 Å². The van der Waals surface area contributed by atoms with Gasteiger partial charge in [0.25, 0.3) is 5.91 Å². The molecule has 0 bridgehead atoms. The highest BCUT2D eigenvalue weighted by Crippen LogP contribution is 2.36. The molecule has 0 fully saturated rings. The highest BCUT2D eigenvalue weighted by atomic mass is 35.5. The van der Waals surface area contributed by atoms with E-state index in [4.69, 9.17) is 21.1 Å². The summed E-state index contributed by atoms with van der Waals surface area (Å²) in [5, 5.41) is 6.34. The van der Waals surface area contributed by atoms with Crippen molar-refractivity contribution in [2.24, 2.45) is 5.92 Å². The van der Waals surface area contributed by atoms with Crippen molar-refractivity contribution in [1.29, 1.82) is 0 Å². The second kappa shape index (κ2) is 9.54. The number of amides is 1. The third kappa shape index (κ3) is 5.73. The maximum Gasteiger partial charge on any atom is 0.251 e. The monoisotopic (exact) mass is 328 g/mol. The van der Waals surface area contributed by atoms with Crippen LogP contribution in [0.3, 0.4) is 0 Å². The molecule has 1 aromatic rings. The predicted octanol–water partition coefficient (Wildman–Crippen LogP) is 2.72. The van der Waals surface area contributed by atoms with Crippen LogP contribution in [0.4, 0.5) is 0 Å². The first-order chi connectivity index (χ1) is 10.5. The summed E-state index contributed by atoms with van der Waals surface area (Å²) >= 11 is 6.23. The number of hydrogen-bond acceptors (Lipinski definition) is 4. The lowest BCUT2D eigenvalue weighted by Gasteiger charge is -2.15. The van der Waals surface area contributed by atoms with Crippen molar-refractivity contribution in [2.45, 2.75) is 20.8 Å². The van der Waals surface area contributed by atoms with Crippen LogP contribution in [-0.2, 0) is 0 Å². The van der Waals surface area contributed by atoms with Crippen LogP contribution >= 0.6 is 11.6 Å². The minimum absolute atomic E-state index is 0.187. The fraction of sp³-hybridized carbons (Fsp3) is 0.562. The molecule has 0 atom stereocenters. The lowest BCUT2D eigenvalue weighted by molar-refractivity contribution is 0.0953. The minimum Gasteiger partial charge on any atom is -0.493 e. The van der Waals surface area contributed by atoms with Crippen LogP contribution in [0.15, 0.2) is 12.1 Å². The van der Waals surface area contributed by atoms with E-state index in [0.29, 0.717) is 41.2 Å². The molecule has 0 unspecified atom stereocenters. The van der Waals surface area contributed by atoms with Gasteiger partial charge in [0, 0.05) is 18.7 Å². The zero-order valence-electron chi connectivity index (χ0n) is 13.7. The quantitative estimate of drug-likeness (QED) is 0.684. The lowest BCUT2D eigenvalue weighted by atomic mass is 10.2. The summed E-state index contributed by atoms with van der Waals surface area (Å²) in [6.07, 6.45) is 0. The number of likely N-dealkylation sites (N-methyl/N-ethyl adjacent to an activating group) is 1. The Morgan fingerprint density at radius 2 is 2.05 bits per heavy atom. The topological polar surface area (TPSA) is 59.6 Å². The van der Waals surface area contributed by atoms with Crippen molar-refractivity contribution in [2.75, 3.05) is 33.4 Å². The van der Waals surface area contributed by atoms with Crippen molar-refractivity contribution in [3.05, 3.63) is 22.7 Å². The van der Waals surface area contributed by atoms with E-state index in [1.54, 1.807) is 12.1 Å². The van der Waals surface area contributed by atoms with Crippen molar-refractivity contribution in [3.63, 3.8) is 0 Å². The van der Waals surface area contributed by atoms with Gasteiger partial charge in [-0.25, -0.2) is 0 Å². The Morgan fingerprint density at radius 3 is 2.64 bits per heavy atom. The fourth-order valence-corrected chi connectivity index (χ4v) is 2.05. The molecule has 0 radical (unpaired) electrons. The Morgan fingerprint density at radius 1 is 1.32 bits per heavy atom. The summed E-state index contributed by atoms with van der Waals surface area (Å²) < 4.78 is 11.0. The Balaban J connectivity index is 2.81. The van der Waals surface area contributed by atoms with Crippen LogP contribution < -0.4 is 20.1 Å². The van der Waals surface area contributed by atoms with E-state index in [9.17, 15) is 4.79 Å². The Hall–Kier alpha value is -1.46. The number of nitrogens with one attached hydrogen (secondary N) is 2. The van der Waals surface area contributed by atoms with Gasteiger partial charge in [-0.1, -0.05) is 32.4 Å². The maximum absolute atomic E-state index is 12.1. The average Bonchev–Trinajstić information content (AvgIpc) is 2.49. The molecule has 0 saturated carbocycles. The molecule has 6 heteroatoms. The number of methoxy groups -OCH3 is 1. The molecule has 1 amide bonds. The van der Waals surface area contributed by atoms with Crippen molar-refractivity contribution in [1.82, 2.24) is 10.6 Å². The summed E-state index contributed by atoms with van der Waals surface area (Å²) in [7, 11) is 1.53. The van der Waals surface area contributed by atoms with E-state index in [1.165, 1.54) is 7.11 Å². The zero-order valence-corrected chi connectivity index (χ0v) is 14.4. The first kappa shape index (κ1) is 18.6. The third-order valence-electron chi connectivity index (χ3n) is 2.89. The minimum atomic E-state index is -0.187. The molecule has 0 aromatic heterocycles. The summed E-state index contributed by atoms with van der Waals surface area (Å²) in [5.41, 5.74) is 0.454. The Kier molecular flexibility index (Phi) is 8.06. The first-order valence-corrected chi connectivity index (χ1v) is 7.86. The molecule has 0 aliphatic carbocycles. The average molecular weight is 329 g/mol. The number of ether oxygens (including phenoxy) is 2. The molecule has 0 spiro atoms. The highest BCUT2D eigenvalue weighted by Gasteiger charge is 2.16. The van der Waals surface area contributed by atoms with Gasteiger partial charge in [-0.05, 0) is 24.6 Å². The van der Waals surface area contributed by atoms with Gasteiger partial charge in [-0.15, -0.1) is 0 Å². The standard InChI is InChI=1S/C16H25ClN2O3/c1-5-18-6-7-19-16(20)12-8-13(17)15(14(9-12)21-4)22-10-11(2)3/h8-9,11,18H,5-7,10H2,1-4H3,(H,19,20). The second-order valence-corrected chi connectivity index (χ2v) is 5.71. The van der Waals surface area contributed by atoms with Crippen LogP contribution in [-0.4, -0.2) is 39.3 Å². The van der Waals surface area contributed by atoms with Gasteiger partial charge >= 0.3 is 0 Å². The molecule has 2 N–H and O–H groups in total. The van der Waals surface area contributed by atoms with Crippen LogP contribution in [0, 0.1) is 5.92 Å². The molecule has 0 aliphatic rings. The number of benzene rings is 1. The number of carbonyl (C=O) groups is 1. The SMILES string of the molecule is CCNCCNC(=O)c1cc(Cl)c(OCC(C)C)c(OC)c1. The first-order valence-electron chi connectivity index (χ1n) is 7.48. The van der Waals surface area contributed by atoms with E-state index in [2.05, 4.69) is 10.6 Å². The van der Waals surface area contributed by atoms with Crippen molar-refractivity contribution in [3.8, 4) is 11.5 Å². The molecule has 0 heterocycles. The molecule has 1 rings (SSSR count). The van der Waals surface area contributed by atoms with Crippen LogP contribution in [0.5, 0.6) is 11.5 Å². The summed E-state index contributed by atoms with van der Waals surface area (Å²) in [6, 6.07) is 3.24. The van der Waals surface area contributed by atoms with Crippen LogP contribution in [0.2, 0.25) is 5.02 Å². The molecule has 1 aromatic carbocycles. The van der Waals surface area contributed by atoms with Gasteiger partial charge in [0.05, 0.1) is 18.7 Å². The molecule has 124 valence electrons. The molecular formula is C16H25ClN2O3. The Bertz CT molecular complexity index is 493. The number of carbonyl (C=O) groups excluding carboxylic acids is 1. The molecule has 5 nitrogen and oxygen atoms in total. The van der Waals surface area contributed by atoms with Gasteiger partial charge in [-0.3, -0.25) is 4.79 Å². The maximum atomic E-state index is 12.1. The van der Waals surface area contributed by atoms with Crippen LogP contribution in [0.25, 0.3) is 0 Å². The van der Waals surface area contributed by atoms with Gasteiger partial charge in [0.1, 0.15) is 0 Å². The van der Waals surface area contributed by atoms with E-state index < -0.39 is 0 Å². The lowest BCUT2D eigenvalue weighted by Crippen LogP contribution is -2.31. The predicted molar refractivity (Wildman–Crippen MR) is 89.2 cm³/mol. The van der Waals surface area contributed by atoms with Crippen molar-refractivity contribution < 1.29 is 14.3 Å². The smallest absolute Gasteiger partial charge is 0.251 e. The molecule has 0 saturated heterocycles. The largest absolute Gasteiger partial charge is 0.493 e. The summed E-state index contributed by atoms with van der Waals surface area (Å²) in [5.74, 6) is 1.12. The zero-order chi connectivity index (χ0) is 16.5. The van der Waals surface area contributed by atoms with E-state index in [-0.39, 0.29) is 5.91 Å².